The van der Waals surface area contributed by atoms with Gasteiger partial charge in [0, 0.05) is 37.0 Å². The number of hydrogen-bond donors (Lipinski definition) is 1. The molecule has 0 bridgehead atoms. The van der Waals surface area contributed by atoms with Crippen molar-refractivity contribution in [3.63, 3.8) is 0 Å². The number of amides is 2. The molecule has 0 saturated heterocycles. The molecule has 5 heteroatoms. The molecule has 0 aliphatic rings. The summed E-state index contributed by atoms with van der Waals surface area (Å²) >= 11 is 1.86. The first-order chi connectivity index (χ1) is 12.5. The maximum atomic E-state index is 12.6. The van der Waals surface area contributed by atoms with Crippen molar-refractivity contribution in [2.45, 2.75) is 33.1 Å². The van der Waals surface area contributed by atoms with Crippen molar-refractivity contribution in [1.82, 2.24) is 4.90 Å². The highest BCUT2D eigenvalue weighted by atomic mass is 32.2. The monoisotopic (exact) mass is 370 g/mol. The summed E-state index contributed by atoms with van der Waals surface area (Å²) in [6.07, 6.45) is 0. The summed E-state index contributed by atoms with van der Waals surface area (Å²) < 4.78 is 0. The van der Waals surface area contributed by atoms with Crippen molar-refractivity contribution in [2.24, 2.45) is 0 Å². The zero-order chi connectivity index (χ0) is 18.9. The first-order valence-electron chi connectivity index (χ1n) is 8.86. The second-order valence-electron chi connectivity index (χ2n) is 5.98. The topological polar surface area (TPSA) is 49.4 Å². The van der Waals surface area contributed by atoms with Gasteiger partial charge in [-0.2, -0.15) is 11.8 Å². The summed E-state index contributed by atoms with van der Waals surface area (Å²) in [5.74, 6) is 1.92. The molecule has 2 aromatic carbocycles. The molecule has 0 atom stereocenters. The zero-order valence-electron chi connectivity index (χ0n) is 15.6. The molecule has 4 nitrogen and oxygen atoms in total. The molecule has 0 spiro atoms. The molecule has 0 saturated carbocycles. The highest BCUT2D eigenvalue weighted by molar-refractivity contribution is 7.98. The van der Waals surface area contributed by atoms with Crippen molar-refractivity contribution in [1.29, 1.82) is 0 Å². The van der Waals surface area contributed by atoms with Crippen LogP contribution in [0.3, 0.4) is 0 Å². The molecule has 1 N–H and O–H groups in total. The molecule has 2 rings (SSSR count). The molecule has 0 fully saturated rings. The second-order valence-corrected chi connectivity index (χ2v) is 7.25. The Bertz CT molecular complexity index is 744. The van der Waals surface area contributed by atoms with E-state index >= 15 is 0 Å². The van der Waals surface area contributed by atoms with E-state index in [0.717, 1.165) is 22.8 Å². The largest absolute Gasteiger partial charge is 0.339 e. The van der Waals surface area contributed by atoms with Crippen molar-refractivity contribution in [2.75, 3.05) is 17.6 Å². The van der Waals surface area contributed by atoms with Crippen LogP contribution in [0.2, 0.25) is 0 Å². The number of carbonyl (C=O) groups excluding carboxylic acids is 2. The third kappa shape index (κ3) is 5.63. The van der Waals surface area contributed by atoms with Crippen LogP contribution in [-0.2, 0) is 17.1 Å². The molecule has 0 radical (unpaired) electrons. The third-order valence-electron chi connectivity index (χ3n) is 4.14. The fraction of sp³-hybridized carbons (Fsp3) is 0.333. The quantitative estimate of drug-likeness (QED) is 0.741. The number of anilines is 1. The minimum Gasteiger partial charge on any atom is -0.339 e. The fourth-order valence-electron chi connectivity index (χ4n) is 2.60. The summed E-state index contributed by atoms with van der Waals surface area (Å²) in [5, 5.41) is 2.98. The Labute approximate surface area is 160 Å². The molecule has 0 unspecified atom stereocenters. The van der Waals surface area contributed by atoms with Gasteiger partial charge < -0.3 is 10.2 Å². The van der Waals surface area contributed by atoms with Gasteiger partial charge in [0.15, 0.2) is 0 Å². The molecular weight excluding hydrogens is 344 g/mol. The van der Waals surface area contributed by atoms with E-state index in [4.69, 9.17) is 0 Å². The number of thioether (sulfide) groups is 1. The lowest BCUT2D eigenvalue weighted by atomic mass is 10.1. The van der Waals surface area contributed by atoms with Gasteiger partial charge in [-0.25, -0.2) is 0 Å². The fourth-order valence-corrected chi connectivity index (χ4v) is 3.23. The van der Waals surface area contributed by atoms with Gasteiger partial charge in [0.2, 0.25) is 5.91 Å². The number of nitrogens with zero attached hydrogens (tertiary/aromatic N) is 1. The van der Waals surface area contributed by atoms with Crippen LogP contribution in [-0.4, -0.2) is 29.0 Å². The van der Waals surface area contributed by atoms with E-state index in [1.807, 2.05) is 67.2 Å². The maximum Gasteiger partial charge on any atom is 0.255 e. The van der Waals surface area contributed by atoms with E-state index in [0.29, 0.717) is 18.7 Å². The van der Waals surface area contributed by atoms with Crippen molar-refractivity contribution >= 4 is 29.3 Å². The van der Waals surface area contributed by atoms with Crippen LogP contribution in [0.1, 0.15) is 42.3 Å². The highest BCUT2D eigenvalue weighted by Crippen LogP contribution is 2.19. The molecule has 26 heavy (non-hydrogen) atoms. The zero-order valence-corrected chi connectivity index (χ0v) is 16.4. The van der Waals surface area contributed by atoms with Crippen LogP contribution in [0.5, 0.6) is 0 Å². The van der Waals surface area contributed by atoms with Gasteiger partial charge in [-0.05, 0) is 42.0 Å². The molecule has 138 valence electrons. The first kappa shape index (κ1) is 20.0. The van der Waals surface area contributed by atoms with Gasteiger partial charge >= 0.3 is 0 Å². The summed E-state index contributed by atoms with van der Waals surface area (Å²) in [4.78, 5) is 26.0. The van der Waals surface area contributed by atoms with Crippen LogP contribution < -0.4 is 5.32 Å². The van der Waals surface area contributed by atoms with Crippen LogP contribution in [0.4, 0.5) is 5.69 Å². The number of carbonyl (C=O) groups is 2. The molecule has 0 aliphatic carbocycles. The average molecular weight is 371 g/mol. The van der Waals surface area contributed by atoms with E-state index < -0.39 is 0 Å². The molecule has 2 aromatic rings. The maximum absolute atomic E-state index is 12.6. The van der Waals surface area contributed by atoms with Crippen LogP contribution in [0.15, 0.2) is 48.5 Å². The van der Waals surface area contributed by atoms with Gasteiger partial charge in [0.05, 0.1) is 0 Å². The Morgan fingerprint density at radius 1 is 1.04 bits per heavy atom. The van der Waals surface area contributed by atoms with E-state index in [2.05, 4.69) is 12.2 Å². The smallest absolute Gasteiger partial charge is 0.255 e. The minimum atomic E-state index is -0.141. The second kappa shape index (κ2) is 10.0. The van der Waals surface area contributed by atoms with E-state index in [9.17, 15) is 9.59 Å². The molecule has 2 amide bonds. The summed E-state index contributed by atoms with van der Waals surface area (Å²) in [6.45, 7) is 6.75. The van der Waals surface area contributed by atoms with Gasteiger partial charge in [0.25, 0.3) is 5.91 Å². The Morgan fingerprint density at radius 2 is 1.73 bits per heavy atom. The number of rotatable bonds is 8. The van der Waals surface area contributed by atoms with Crippen molar-refractivity contribution in [3.8, 4) is 0 Å². The van der Waals surface area contributed by atoms with Crippen molar-refractivity contribution in [3.05, 3.63) is 65.2 Å². The van der Waals surface area contributed by atoms with E-state index in [1.165, 1.54) is 5.56 Å². The van der Waals surface area contributed by atoms with Crippen LogP contribution in [0, 0.1) is 0 Å². The molecule has 0 heterocycles. The Morgan fingerprint density at radius 3 is 2.35 bits per heavy atom. The van der Waals surface area contributed by atoms with Crippen LogP contribution >= 0.6 is 11.8 Å². The number of nitrogens with one attached hydrogen (secondary N) is 1. The van der Waals surface area contributed by atoms with Gasteiger partial charge in [-0.3, -0.25) is 9.59 Å². The Kier molecular flexibility index (Phi) is 7.73. The van der Waals surface area contributed by atoms with E-state index in [1.54, 1.807) is 11.8 Å². The predicted octanol–water partition coefficient (Wildman–Crippen LogP) is 4.56. The van der Waals surface area contributed by atoms with Crippen LogP contribution in [0.25, 0.3) is 0 Å². The van der Waals surface area contributed by atoms with Gasteiger partial charge in [-0.15, -0.1) is 0 Å². The minimum absolute atomic E-state index is 0.0224. The number of para-hydroxylation sites is 1. The lowest BCUT2D eigenvalue weighted by Crippen LogP contribution is -2.28. The lowest BCUT2D eigenvalue weighted by molar-refractivity contribution is -0.129. The highest BCUT2D eigenvalue weighted by Gasteiger charge is 2.12. The first-order valence-corrected chi connectivity index (χ1v) is 10.0. The summed E-state index contributed by atoms with van der Waals surface area (Å²) in [6, 6.07) is 15.3. The lowest BCUT2D eigenvalue weighted by Gasteiger charge is -2.21. The predicted molar refractivity (Wildman–Crippen MR) is 109 cm³/mol. The third-order valence-corrected chi connectivity index (χ3v) is 5.09. The average Bonchev–Trinajstić information content (AvgIpc) is 2.65. The molecule has 0 aliphatic heterocycles. The SMILES string of the molecule is CCSCc1ccc(C(=O)Nc2ccccc2CN(CC)C(C)=O)cc1. The van der Waals surface area contributed by atoms with Gasteiger partial charge in [0.1, 0.15) is 0 Å². The Balaban J connectivity index is 2.10. The normalized spacial score (nSPS) is 10.4. The standard InChI is InChI=1S/C21H26N2O2S/c1-4-23(16(3)24)14-19-8-6-7-9-20(19)22-21(25)18-12-10-17(11-13-18)15-26-5-2/h6-13H,4-5,14-15H2,1-3H3,(H,22,25). The van der Waals surface area contributed by atoms with Crippen molar-refractivity contribution < 1.29 is 9.59 Å². The molecular formula is C21H26N2O2S. The number of benzene rings is 2. The Hall–Kier alpha value is -2.27. The van der Waals surface area contributed by atoms with Gasteiger partial charge in [-0.1, -0.05) is 37.3 Å². The summed E-state index contributed by atoms with van der Waals surface area (Å²) in [7, 11) is 0. The summed E-state index contributed by atoms with van der Waals surface area (Å²) in [5.41, 5.74) is 3.51. The number of hydrogen-bond acceptors (Lipinski definition) is 3. The molecule has 0 aromatic heterocycles. The van der Waals surface area contributed by atoms with E-state index in [-0.39, 0.29) is 11.8 Å².